The first-order valence-corrected chi connectivity index (χ1v) is 7.10. The zero-order chi connectivity index (χ0) is 14.6. The van der Waals surface area contributed by atoms with E-state index in [1.165, 1.54) is 6.07 Å². The van der Waals surface area contributed by atoms with Crippen LogP contribution in [0.2, 0.25) is 0 Å². The zero-order valence-corrected chi connectivity index (χ0v) is 13.0. The minimum absolute atomic E-state index is 0.0466. The highest BCUT2D eigenvalue weighted by atomic mass is 79.9. The molecule has 1 aromatic rings. The van der Waals surface area contributed by atoms with Gasteiger partial charge in [-0.15, -0.1) is 0 Å². The van der Waals surface area contributed by atoms with Gasteiger partial charge >= 0.3 is 0 Å². The lowest BCUT2D eigenvalue weighted by molar-refractivity contribution is -0.123. The molecule has 1 unspecified atom stereocenters. The van der Waals surface area contributed by atoms with Crippen LogP contribution in [0.4, 0.5) is 4.39 Å². The van der Waals surface area contributed by atoms with Crippen LogP contribution < -0.4 is 11.1 Å². The van der Waals surface area contributed by atoms with E-state index in [-0.39, 0.29) is 23.7 Å². The summed E-state index contributed by atoms with van der Waals surface area (Å²) in [5.74, 6) is -0.335. The number of hydrogen-bond acceptors (Lipinski definition) is 2. The van der Waals surface area contributed by atoms with Crippen molar-refractivity contribution in [3.05, 3.63) is 34.1 Å². The second kappa shape index (κ2) is 7.01. The van der Waals surface area contributed by atoms with E-state index in [1.807, 2.05) is 20.8 Å². The fourth-order valence-electron chi connectivity index (χ4n) is 1.71. The van der Waals surface area contributed by atoms with E-state index in [1.54, 1.807) is 12.1 Å². The molecule has 0 saturated heterocycles. The molecule has 1 aromatic carbocycles. The Morgan fingerprint density at radius 3 is 2.58 bits per heavy atom. The van der Waals surface area contributed by atoms with E-state index < -0.39 is 6.04 Å². The highest BCUT2D eigenvalue weighted by Crippen LogP contribution is 2.17. The van der Waals surface area contributed by atoms with Gasteiger partial charge in [-0.3, -0.25) is 4.79 Å². The van der Waals surface area contributed by atoms with Crippen molar-refractivity contribution < 1.29 is 9.18 Å². The maximum atomic E-state index is 13.1. The average Bonchev–Trinajstić information content (AvgIpc) is 2.32. The fourth-order valence-corrected chi connectivity index (χ4v) is 2.14. The second-order valence-corrected chi connectivity index (χ2v) is 5.99. The Bertz CT molecular complexity index is 451. The molecule has 0 fully saturated rings. The van der Waals surface area contributed by atoms with Gasteiger partial charge in [-0.1, -0.05) is 19.9 Å². The van der Waals surface area contributed by atoms with Crippen LogP contribution in [-0.4, -0.2) is 18.0 Å². The summed E-state index contributed by atoms with van der Waals surface area (Å²) in [5, 5.41) is 2.87. The van der Waals surface area contributed by atoms with Gasteiger partial charge in [0, 0.05) is 6.04 Å². The number of hydrogen-bond donors (Lipinski definition) is 2. The molecule has 0 aliphatic heterocycles. The first-order chi connectivity index (χ1) is 8.81. The predicted molar refractivity (Wildman–Crippen MR) is 78.2 cm³/mol. The molecule has 0 saturated carbocycles. The lowest BCUT2D eigenvalue weighted by Gasteiger charge is -2.19. The van der Waals surface area contributed by atoms with E-state index in [2.05, 4.69) is 21.2 Å². The summed E-state index contributed by atoms with van der Waals surface area (Å²) in [5.41, 5.74) is 6.73. The molecular formula is C14H20BrFN2O. The van der Waals surface area contributed by atoms with Crippen LogP contribution >= 0.6 is 15.9 Å². The van der Waals surface area contributed by atoms with Crippen molar-refractivity contribution in [2.24, 2.45) is 11.7 Å². The topological polar surface area (TPSA) is 55.1 Å². The van der Waals surface area contributed by atoms with Gasteiger partial charge in [-0.25, -0.2) is 4.39 Å². The number of carbonyl (C=O) groups excluding carboxylic acids is 1. The third-order valence-electron chi connectivity index (χ3n) is 2.94. The summed E-state index contributed by atoms with van der Waals surface area (Å²) >= 11 is 3.15. The largest absolute Gasteiger partial charge is 0.352 e. The Morgan fingerprint density at radius 1 is 1.42 bits per heavy atom. The van der Waals surface area contributed by atoms with Crippen LogP contribution in [0.25, 0.3) is 0 Å². The van der Waals surface area contributed by atoms with Crippen molar-refractivity contribution in [1.82, 2.24) is 5.32 Å². The normalized spacial score (nSPS) is 14.3. The highest BCUT2D eigenvalue weighted by molar-refractivity contribution is 9.10. The van der Waals surface area contributed by atoms with Crippen molar-refractivity contribution in [3.63, 3.8) is 0 Å². The number of nitrogens with two attached hydrogens (primary N) is 1. The van der Waals surface area contributed by atoms with E-state index >= 15 is 0 Å². The van der Waals surface area contributed by atoms with Gasteiger partial charge in [0.05, 0.1) is 10.5 Å². The van der Waals surface area contributed by atoms with E-state index in [4.69, 9.17) is 5.73 Å². The summed E-state index contributed by atoms with van der Waals surface area (Å²) in [6, 6.07) is 4.30. The Labute approximate surface area is 121 Å². The molecule has 3 nitrogen and oxygen atoms in total. The summed E-state index contributed by atoms with van der Waals surface area (Å²) in [4.78, 5) is 11.8. The first-order valence-electron chi connectivity index (χ1n) is 6.31. The molecule has 19 heavy (non-hydrogen) atoms. The van der Waals surface area contributed by atoms with Gasteiger partial charge in [0.25, 0.3) is 0 Å². The molecule has 0 heterocycles. The van der Waals surface area contributed by atoms with E-state index in [9.17, 15) is 9.18 Å². The Hall–Kier alpha value is -0.940. The number of halogens is 2. The SMILES string of the molecule is CC(Cc1ccc(F)c(Br)c1)NC(=O)[C@@H](N)C(C)C. The molecule has 0 aromatic heterocycles. The smallest absolute Gasteiger partial charge is 0.237 e. The molecule has 106 valence electrons. The molecular weight excluding hydrogens is 311 g/mol. The van der Waals surface area contributed by atoms with Gasteiger partial charge < -0.3 is 11.1 Å². The Morgan fingerprint density at radius 2 is 2.05 bits per heavy atom. The van der Waals surface area contributed by atoms with Crippen molar-refractivity contribution in [3.8, 4) is 0 Å². The molecule has 0 aliphatic rings. The lowest BCUT2D eigenvalue weighted by Crippen LogP contribution is -2.47. The third kappa shape index (κ3) is 4.91. The molecule has 3 N–H and O–H groups in total. The number of nitrogens with one attached hydrogen (secondary N) is 1. The third-order valence-corrected chi connectivity index (χ3v) is 3.54. The lowest BCUT2D eigenvalue weighted by atomic mass is 10.0. The van der Waals surface area contributed by atoms with Gasteiger partial charge in [-0.05, 0) is 52.9 Å². The summed E-state index contributed by atoms with van der Waals surface area (Å²) in [6.45, 7) is 5.72. The number of amides is 1. The van der Waals surface area contributed by atoms with Crippen LogP contribution in [0.1, 0.15) is 26.3 Å². The summed E-state index contributed by atoms with van der Waals surface area (Å²) in [6.07, 6.45) is 0.634. The monoisotopic (exact) mass is 330 g/mol. The molecule has 1 amide bonds. The van der Waals surface area contributed by atoms with E-state index in [0.29, 0.717) is 10.9 Å². The van der Waals surface area contributed by atoms with Crippen molar-refractivity contribution in [1.29, 1.82) is 0 Å². The highest BCUT2D eigenvalue weighted by Gasteiger charge is 2.18. The molecule has 0 radical (unpaired) electrons. The summed E-state index contributed by atoms with van der Waals surface area (Å²) < 4.78 is 13.5. The van der Waals surface area contributed by atoms with Crippen LogP contribution in [-0.2, 0) is 11.2 Å². The van der Waals surface area contributed by atoms with Crippen LogP contribution in [0.5, 0.6) is 0 Å². The number of benzene rings is 1. The van der Waals surface area contributed by atoms with Gasteiger partial charge in [0.1, 0.15) is 5.82 Å². The minimum Gasteiger partial charge on any atom is -0.352 e. The maximum absolute atomic E-state index is 13.1. The number of rotatable bonds is 5. The quantitative estimate of drug-likeness (QED) is 0.871. The van der Waals surface area contributed by atoms with Crippen molar-refractivity contribution >= 4 is 21.8 Å². The molecule has 1 rings (SSSR count). The standard InChI is InChI=1S/C14H20BrFN2O/c1-8(2)13(17)14(19)18-9(3)6-10-4-5-12(16)11(15)7-10/h4-5,7-9,13H,6,17H2,1-3H3,(H,18,19)/t9?,13-/m0/s1. The molecule has 0 spiro atoms. The molecule has 2 atom stereocenters. The molecule has 0 bridgehead atoms. The Kier molecular flexibility index (Phi) is 5.94. The average molecular weight is 331 g/mol. The minimum atomic E-state index is -0.498. The Balaban J connectivity index is 2.57. The zero-order valence-electron chi connectivity index (χ0n) is 11.4. The van der Waals surface area contributed by atoms with Crippen LogP contribution in [0.15, 0.2) is 22.7 Å². The molecule has 5 heteroatoms. The van der Waals surface area contributed by atoms with Crippen LogP contribution in [0, 0.1) is 11.7 Å². The second-order valence-electron chi connectivity index (χ2n) is 5.13. The fraction of sp³-hybridized carbons (Fsp3) is 0.500. The van der Waals surface area contributed by atoms with Crippen molar-refractivity contribution in [2.45, 2.75) is 39.3 Å². The summed E-state index contributed by atoms with van der Waals surface area (Å²) in [7, 11) is 0. The van der Waals surface area contributed by atoms with Crippen molar-refractivity contribution in [2.75, 3.05) is 0 Å². The van der Waals surface area contributed by atoms with Gasteiger partial charge in [-0.2, -0.15) is 0 Å². The predicted octanol–water partition coefficient (Wildman–Crippen LogP) is 2.62. The van der Waals surface area contributed by atoms with Gasteiger partial charge in [0.2, 0.25) is 5.91 Å². The molecule has 0 aliphatic carbocycles. The van der Waals surface area contributed by atoms with E-state index in [0.717, 1.165) is 5.56 Å². The van der Waals surface area contributed by atoms with Crippen LogP contribution in [0.3, 0.4) is 0 Å². The number of carbonyl (C=O) groups is 1. The first kappa shape index (κ1) is 16.1. The van der Waals surface area contributed by atoms with Gasteiger partial charge in [0.15, 0.2) is 0 Å². The maximum Gasteiger partial charge on any atom is 0.237 e.